The second kappa shape index (κ2) is 12.4. The number of halogens is 2. The Labute approximate surface area is 256 Å². The number of piperidine rings is 1. The predicted molar refractivity (Wildman–Crippen MR) is 167 cm³/mol. The molecule has 0 radical (unpaired) electrons. The van der Waals surface area contributed by atoms with Crippen molar-refractivity contribution in [1.82, 2.24) is 4.90 Å². The van der Waals surface area contributed by atoms with Crippen molar-refractivity contribution in [3.63, 3.8) is 0 Å². The van der Waals surface area contributed by atoms with E-state index in [1.807, 2.05) is 26.8 Å². The van der Waals surface area contributed by atoms with Crippen LogP contribution in [0.4, 0.5) is 25.8 Å². The van der Waals surface area contributed by atoms with Gasteiger partial charge >= 0.3 is 0 Å². The van der Waals surface area contributed by atoms with E-state index in [0.717, 1.165) is 47.0 Å². The van der Waals surface area contributed by atoms with E-state index in [4.69, 9.17) is 5.14 Å². The lowest BCUT2D eigenvalue weighted by Crippen LogP contribution is -2.49. The molecule has 12 heteroatoms. The highest BCUT2D eigenvalue weighted by Gasteiger charge is 2.30. The fraction of sp³-hybridized carbons (Fsp3) is 0.375. The minimum absolute atomic E-state index is 0.108. The summed E-state index contributed by atoms with van der Waals surface area (Å²) in [6, 6.07) is 12.6. The third-order valence-electron chi connectivity index (χ3n) is 8.59. The molecule has 0 saturated carbocycles. The van der Waals surface area contributed by atoms with Crippen molar-refractivity contribution in [2.75, 3.05) is 54.4 Å². The van der Waals surface area contributed by atoms with Gasteiger partial charge in [-0.15, -0.1) is 0 Å². The number of nitrogens with zero attached hydrogens (tertiary/aromatic N) is 4. The van der Waals surface area contributed by atoms with Crippen LogP contribution in [0.2, 0.25) is 0 Å². The second-order valence-corrected chi connectivity index (χ2v) is 13.0. The van der Waals surface area contributed by atoms with Gasteiger partial charge in [0.2, 0.25) is 10.0 Å². The summed E-state index contributed by atoms with van der Waals surface area (Å²) >= 11 is 0. The molecule has 0 bridgehead atoms. The number of piperazine rings is 1. The molecule has 2 fully saturated rings. The zero-order valence-corrected chi connectivity index (χ0v) is 25.8. The van der Waals surface area contributed by atoms with Crippen LogP contribution in [0.3, 0.4) is 0 Å². The van der Waals surface area contributed by atoms with E-state index in [9.17, 15) is 27.3 Å². The maximum atomic E-state index is 14.4. The lowest BCUT2D eigenvalue weighted by molar-refractivity contribution is 0.0745. The number of carbonyl (C=O) groups is 1. The standard InChI is InChI=1S/C32H36F2N6O3S/c1-20-17-21(2)30(37-25-9-11-38(12-10-25)27-8-7-24(33)18-23(27)19-35)22(3)29(20)32(41)40-15-13-39(14-16-40)28-6-4-5-26(34)31(28)44(36,42)43/h4-8,17-18,25,37H,9-16H2,1-3H3,(H2,36,42,43). The average molecular weight is 623 g/mol. The first kappa shape index (κ1) is 31.2. The van der Waals surface area contributed by atoms with Crippen LogP contribution in [0.5, 0.6) is 0 Å². The molecule has 3 aromatic carbocycles. The maximum absolute atomic E-state index is 14.4. The molecule has 3 N–H and O–H groups in total. The number of nitrogens with two attached hydrogens (primary N) is 1. The van der Waals surface area contributed by atoms with Gasteiger partial charge in [-0.1, -0.05) is 12.1 Å². The molecule has 2 saturated heterocycles. The number of amides is 1. The van der Waals surface area contributed by atoms with Gasteiger partial charge in [-0.3, -0.25) is 4.79 Å². The fourth-order valence-electron chi connectivity index (χ4n) is 6.42. The molecular formula is C32H36F2N6O3S. The summed E-state index contributed by atoms with van der Waals surface area (Å²) in [4.78, 5) is 18.9. The lowest BCUT2D eigenvalue weighted by atomic mass is 9.94. The van der Waals surface area contributed by atoms with Gasteiger partial charge in [-0.05, 0) is 80.6 Å². The number of primary sulfonamides is 1. The molecule has 2 aliphatic heterocycles. The highest BCUT2D eigenvalue weighted by molar-refractivity contribution is 7.89. The number of nitrogens with one attached hydrogen (secondary N) is 1. The number of nitriles is 1. The van der Waals surface area contributed by atoms with Crippen molar-refractivity contribution >= 4 is 33.0 Å². The summed E-state index contributed by atoms with van der Waals surface area (Å²) < 4.78 is 52.2. The molecular weight excluding hydrogens is 586 g/mol. The van der Waals surface area contributed by atoms with Crippen LogP contribution < -0.4 is 20.3 Å². The van der Waals surface area contributed by atoms with Gasteiger partial charge < -0.3 is 20.0 Å². The Bertz CT molecular complexity index is 1740. The lowest BCUT2D eigenvalue weighted by Gasteiger charge is -2.37. The van der Waals surface area contributed by atoms with Crippen molar-refractivity contribution in [2.45, 2.75) is 44.6 Å². The normalized spacial score (nSPS) is 16.2. The summed E-state index contributed by atoms with van der Waals surface area (Å²) in [5.74, 6) is -1.44. The van der Waals surface area contributed by atoms with Gasteiger partial charge in [-0.25, -0.2) is 22.3 Å². The van der Waals surface area contributed by atoms with E-state index in [2.05, 4.69) is 16.3 Å². The molecule has 0 aromatic heterocycles. The Kier molecular flexibility index (Phi) is 8.81. The number of aryl methyl sites for hydroxylation is 2. The van der Waals surface area contributed by atoms with Crippen LogP contribution in [-0.4, -0.2) is 64.5 Å². The monoisotopic (exact) mass is 622 g/mol. The largest absolute Gasteiger partial charge is 0.382 e. The number of rotatable bonds is 6. The molecule has 3 aromatic rings. The summed E-state index contributed by atoms with van der Waals surface area (Å²) in [6.07, 6.45) is 1.61. The van der Waals surface area contributed by atoms with E-state index in [-0.39, 0.29) is 17.6 Å². The number of hydrogen-bond acceptors (Lipinski definition) is 7. The number of hydrogen-bond donors (Lipinski definition) is 2. The van der Waals surface area contributed by atoms with E-state index in [1.165, 1.54) is 24.3 Å². The minimum Gasteiger partial charge on any atom is -0.382 e. The van der Waals surface area contributed by atoms with Gasteiger partial charge in [0.25, 0.3) is 5.91 Å². The van der Waals surface area contributed by atoms with E-state index < -0.39 is 26.6 Å². The topological polar surface area (TPSA) is 123 Å². The highest BCUT2D eigenvalue weighted by Crippen LogP contribution is 2.33. The van der Waals surface area contributed by atoms with Crippen LogP contribution in [0.25, 0.3) is 0 Å². The van der Waals surface area contributed by atoms with Crippen molar-refractivity contribution in [2.24, 2.45) is 5.14 Å². The van der Waals surface area contributed by atoms with Crippen LogP contribution in [0, 0.1) is 43.7 Å². The van der Waals surface area contributed by atoms with Gasteiger partial charge in [0.1, 0.15) is 22.6 Å². The van der Waals surface area contributed by atoms with E-state index in [1.54, 1.807) is 15.9 Å². The molecule has 2 heterocycles. The molecule has 0 spiro atoms. The number of carbonyl (C=O) groups excluding carboxylic acids is 1. The quantitative estimate of drug-likeness (QED) is 0.417. The van der Waals surface area contributed by atoms with Gasteiger partial charge in [0, 0.05) is 56.6 Å². The molecule has 2 aliphatic rings. The summed E-state index contributed by atoms with van der Waals surface area (Å²) in [5, 5.41) is 18.4. The van der Waals surface area contributed by atoms with Gasteiger partial charge in [0.15, 0.2) is 0 Å². The van der Waals surface area contributed by atoms with Crippen LogP contribution in [-0.2, 0) is 10.0 Å². The van der Waals surface area contributed by atoms with Crippen molar-refractivity contribution in [1.29, 1.82) is 5.26 Å². The first-order valence-electron chi connectivity index (χ1n) is 14.6. The second-order valence-electron chi connectivity index (χ2n) is 11.5. The van der Waals surface area contributed by atoms with Gasteiger partial charge in [-0.2, -0.15) is 5.26 Å². The molecule has 0 unspecified atom stereocenters. The highest BCUT2D eigenvalue weighted by atomic mass is 32.2. The summed E-state index contributed by atoms with van der Waals surface area (Å²) in [5.41, 5.74) is 5.59. The zero-order valence-electron chi connectivity index (χ0n) is 25.0. The van der Waals surface area contributed by atoms with Gasteiger partial charge in [0.05, 0.1) is 16.9 Å². The number of benzene rings is 3. The fourth-order valence-corrected chi connectivity index (χ4v) is 7.24. The smallest absolute Gasteiger partial charge is 0.254 e. The molecule has 44 heavy (non-hydrogen) atoms. The van der Waals surface area contributed by atoms with Crippen LogP contribution in [0.1, 0.15) is 45.5 Å². The maximum Gasteiger partial charge on any atom is 0.254 e. The summed E-state index contributed by atoms with van der Waals surface area (Å²) in [6.45, 7) is 8.62. The number of sulfonamides is 1. The van der Waals surface area contributed by atoms with Crippen molar-refractivity contribution in [3.8, 4) is 6.07 Å². The van der Waals surface area contributed by atoms with Crippen molar-refractivity contribution in [3.05, 3.63) is 81.9 Å². The number of anilines is 3. The molecule has 0 aliphatic carbocycles. The Hall–Kier alpha value is -4.21. The first-order chi connectivity index (χ1) is 20.9. The van der Waals surface area contributed by atoms with E-state index in [0.29, 0.717) is 50.4 Å². The Morgan fingerprint density at radius 1 is 0.932 bits per heavy atom. The SMILES string of the molecule is Cc1cc(C)c(C(=O)N2CCN(c3cccc(F)c3S(N)(=O)=O)CC2)c(C)c1NC1CCN(c2ccc(F)cc2C#N)CC1. The molecule has 232 valence electrons. The Balaban J connectivity index is 1.28. The van der Waals surface area contributed by atoms with Crippen LogP contribution in [0.15, 0.2) is 47.4 Å². The van der Waals surface area contributed by atoms with Crippen molar-refractivity contribution < 1.29 is 22.0 Å². The van der Waals surface area contributed by atoms with Crippen LogP contribution >= 0.6 is 0 Å². The third-order valence-corrected chi connectivity index (χ3v) is 9.56. The predicted octanol–water partition coefficient (Wildman–Crippen LogP) is 4.45. The van der Waals surface area contributed by atoms with E-state index >= 15 is 0 Å². The zero-order chi connectivity index (χ0) is 31.8. The Morgan fingerprint density at radius 3 is 2.23 bits per heavy atom. The summed E-state index contributed by atoms with van der Waals surface area (Å²) in [7, 11) is -4.27. The Morgan fingerprint density at radius 2 is 1.59 bits per heavy atom. The third kappa shape index (κ3) is 6.21. The minimum atomic E-state index is -4.27. The molecule has 5 rings (SSSR count). The first-order valence-corrected chi connectivity index (χ1v) is 16.1. The molecule has 1 amide bonds. The average Bonchev–Trinajstić information content (AvgIpc) is 2.98. The molecule has 9 nitrogen and oxygen atoms in total. The molecule has 0 atom stereocenters.